The molecule has 0 aliphatic carbocycles. The second-order valence-electron chi connectivity index (χ2n) is 13.7. The minimum Gasteiger partial charge on any atom is -0.465 e. The maximum Gasteiger partial charge on any atom is 0.337 e. The van der Waals surface area contributed by atoms with E-state index in [-0.39, 0.29) is 76.4 Å². The van der Waals surface area contributed by atoms with Crippen LogP contribution in [0.4, 0.5) is 56.1 Å². The summed E-state index contributed by atoms with van der Waals surface area (Å²) in [4.78, 5) is 53.1. The van der Waals surface area contributed by atoms with E-state index < -0.39 is 84.9 Å². The molecule has 2 fully saturated rings. The summed E-state index contributed by atoms with van der Waals surface area (Å²) in [5, 5.41) is -0.556. The molecule has 20 heteroatoms. The Morgan fingerprint density at radius 1 is 0.650 bits per heavy atom. The number of methoxy groups -OCH3 is 1. The Morgan fingerprint density at radius 2 is 1.07 bits per heavy atom. The Labute approximate surface area is 348 Å². The van der Waals surface area contributed by atoms with Gasteiger partial charge in [0.2, 0.25) is 0 Å². The number of hydrogen-bond donors (Lipinski definition) is 1. The van der Waals surface area contributed by atoms with Crippen molar-refractivity contribution in [1.29, 1.82) is 0 Å². The van der Waals surface area contributed by atoms with Crippen molar-refractivity contribution in [2.75, 3.05) is 49.6 Å². The van der Waals surface area contributed by atoms with E-state index in [1.807, 2.05) is 0 Å². The third-order valence-electron chi connectivity index (χ3n) is 9.46. The van der Waals surface area contributed by atoms with Gasteiger partial charge in [0.05, 0.1) is 55.4 Å². The first-order valence-electron chi connectivity index (χ1n) is 17.9. The number of ether oxygens (including phenoxy) is 1. The molecule has 60 heavy (non-hydrogen) atoms. The van der Waals surface area contributed by atoms with Gasteiger partial charge in [-0.15, -0.1) is 0 Å². The van der Waals surface area contributed by atoms with Gasteiger partial charge in [-0.2, -0.15) is 0 Å². The first kappa shape index (κ1) is 45.6. The number of esters is 1. The average molecular weight is 889 g/mol. The van der Waals surface area contributed by atoms with Crippen LogP contribution in [-0.2, 0) is 17.8 Å². The lowest BCUT2D eigenvalue weighted by atomic mass is 10.1. The molecule has 0 saturated carbocycles. The van der Waals surface area contributed by atoms with Gasteiger partial charge in [-0.25, -0.2) is 49.5 Å². The van der Waals surface area contributed by atoms with Crippen LogP contribution in [0, 0.1) is 23.3 Å². The second kappa shape index (κ2) is 18.9. The predicted molar refractivity (Wildman–Crippen MR) is 206 cm³/mol. The van der Waals surface area contributed by atoms with E-state index in [0.29, 0.717) is 0 Å². The van der Waals surface area contributed by atoms with Crippen molar-refractivity contribution >= 4 is 58.4 Å². The first-order valence-corrected chi connectivity index (χ1v) is 18.6. The number of likely N-dealkylation sites (tertiary alicyclic amines) is 2. The molecular weight excluding hydrogens is 853 g/mol. The molecule has 4 aromatic rings. The Kier molecular flexibility index (Phi) is 14.3. The number of nitrogens with two attached hydrogens (primary N) is 1. The number of carbonyl (C=O) groups excluding carboxylic acids is 4. The monoisotopic (exact) mass is 887 g/mol. The minimum absolute atomic E-state index is 0.0161. The van der Waals surface area contributed by atoms with E-state index in [9.17, 15) is 54.3 Å². The molecular formula is C40H35Cl2F8N5O5. The molecule has 2 aliphatic heterocycles. The predicted octanol–water partition coefficient (Wildman–Crippen LogP) is 9.10. The molecule has 4 amide bonds. The lowest BCUT2D eigenvalue weighted by molar-refractivity contribution is 0.0151. The number of rotatable bonds is 9. The molecule has 0 radical (unpaired) electrons. The minimum atomic E-state index is -3.02. The summed E-state index contributed by atoms with van der Waals surface area (Å²) in [6, 6.07) is 12.5. The van der Waals surface area contributed by atoms with Crippen molar-refractivity contribution < 1.29 is 59.0 Å². The van der Waals surface area contributed by atoms with Gasteiger partial charge in [0.1, 0.15) is 23.3 Å². The fourth-order valence-corrected chi connectivity index (χ4v) is 6.56. The van der Waals surface area contributed by atoms with Crippen molar-refractivity contribution in [1.82, 2.24) is 9.80 Å². The van der Waals surface area contributed by atoms with Crippen LogP contribution in [0.5, 0.6) is 0 Å². The number of Topliss-reactive ketones (excluding diaryl/α,β-unsaturated/α-hetero) is 1. The third-order valence-corrected chi connectivity index (χ3v) is 10.0. The number of urea groups is 2. The van der Waals surface area contributed by atoms with E-state index in [1.54, 1.807) is 0 Å². The summed E-state index contributed by atoms with van der Waals surface area (Å²) in [6.45, 7) is -2.89. The summed E-state index contributed by atoms with van der Waals surface area (Å²) in [5.74, 6) is -10.3. The molecule has 0 unspecified atom stereocenters. The van der Waals surface area contributed by atoms with E-state index in [1.165, 1.54) is 36.4 Å². The molecule has 10 nitrogen and oxygen atoms in total. The van der Waals surface area contributed by atoms with Gasteiger partial charge in [0.15, 0.2) is 5.78 Å². The number of benzene rings is 4. The largest absolute Gasteiger partial charge is 0.465 e. The van der Waals surface area contributed by atoms with E-state index >= 15 is 0 Å². The van der Waals surface area contributed by atoms with Gasteiger partial charge < -0.3 is 20.3 Å². The maximum atomic E-state index is 14.6. The molecule has 6 rings (SSSR count). The van der Waals surface area contributed by atoms with Gasteiger partial charge in [-0.1, -0.05) is 41.4 Å². The fraction of sp³-hybridized carbons (Fsp3) is 0.300. The van der Waals surface area contributed by atoms with Gasteiger partial charge in [-0.05, 0) is 54.6 Å². The number of anilines is 2. The number of amides is 4. The molecule has 4 aromatic carbocycles. The van der Waals surface area contributed by atoms with Crippen molar-refractivity contribution in [3.05, 3.63) is 128 Å². The summed E-state index contributed by atoms with van der Waals surface area (Å²) in [5.41, 5.74) is 5.59. The number of hydrogen-bond acceptors (Lipinski definition) is 6. The quantitative estimate of drug-likeness (QED) is 0.102. The highest BCUT2D eigenvalue weighted by atomic mass is 35.5. The lowest BCUT2D eigenvalue weighted by Gasteiger charge is -2.28. The van der Waals surface area contributed by atoms with E-state index in [2.05, 4.69) is 4.74 Å². The summed E-state index contributed by atoms with van der Waals surface area (Å²) in [6.07, 6.45) is -0.972. The Morgan fingerprint density at radius 3 is 1.42 bits per heavy atom. The molecule has 2 N–H and O–H groups in total. The lowest BCUT2D eigenvalue weighted by Crippen LogP contribution is -2.43. The van der Waals surface area contributed by atoms with Crippen molar-refractivity contribution in [2.24, 2.45) is 5.73 Å². The summed E-state index contributed by atoms with van der Waals surface area (Å²) < 4.78 is 115. The van der Waals surface area contributed by atoms with Gasteiger partial charge in [0, 0.05) is 54.0 Å². The van der Waals surface area contributed by atoms with Crippen molar-refractivity contribution in [2.45, 2.75) is 37.8 Å². The van der Waals surface area contributed by atoms with Crippen LogP contribution in [0.15, 0.2) is 72.8 Å². The molecule has 0 spiro atoms. The molecule has 320 valence electrons. The normalized spacial score (nSPS) is 15.3. The average Bonchev–Trinajstić information content (AvgIpc) is 3.78. The highest BCUT2D eigenvalue weighted by Crippen LogP contribution is 2.33. The van der Waals surface area contributed by atoms with E-state index in [4.69, 9.17) is 28.9 Å². The van der Waals surface area contributed by atoms with Crippen LogP contribution in [0.25, 0.3) is 0 Å². The Hall–Kier alpha value is -5.46. The van der Waals surface area contributed by atoms with Crippen LogP contribution in [0.2, 0.25) is 10.0 Å². The molecule has 2 aliphatic rings. The molecule has 0 bridgehead atoms. The number of carbonyl (C=O) groups is 4. The zero-order valence-electron chi connectivity index (χ0n) is 31.5. The van der Waals surface area contributed by atoms with Gasteiger partial charge in [0.25, 0.3) is 11.8 Å². The first-order chi connectivity index (χ1) is 28.2. The highest BCUT2D eigenvalue weighted by Gasteiger charge is 2.43. The van der Waals surface area contributed by atoms with Gasteiger partial charge in [-0.3, -0.25) is 14.6 Å². The van der Waals surface area contributed by atoms with Crippen molar-refractivity contribution in [3.8, 4) is 0 Å². The van der Waals surface area contributed by atoms with Crippen LogP contribution in [0.3, 0.4) is 0 Å². The van der Waals surface area contributed by atoms with E-state index in [0.717, 1.165) is 63.1 Å². The SMILES string of the molecule is COC(=O)c1ccc(CN(C(=O)N2CCC(F)(F)C2)c2ccc(F)c(Cl)c2)c(F)c1.NCC(=O)c1ccc(CN(C(=O)N2CCC(F)(F)C2)c2ccc(F)c(Cl)c2)c(F)c1. The standard InChI is InChI=1S/C20H18ClF4N3O2.C20H17ClF4N2O3/c21-15-8-14(3-4-16(15)22)28(19(30)27-6-5-20(24,25)11-27)10-13-2-1-12(7-17(13)23)18(29)9-26;1-30-18(28)12-2-3-13(17(23)8-12)10-27(14-4-5-16(22)15(21)9-14)19(29)26-7-6-20(24,25)11-26/h1-4,7-8H,5-6,9-11,26H2;2-5,8-9H,6-7,10-11H2,1H3. The van der Waals surface area contributed by atoms with Crippen molar-refractivity contribution in [3.63, 3.8) is 0 Å². The topological polar surface area (TPSA) is 116 Å². The fourth-order valence-electron chi connectivity index (χ4n) is 6.21. The number of halogens is 10. The maximum absolute atomic E-state index is 14.6. The number of ketones is 1. The molecule has 2 heterocycles. The molecule has 0 aromatic heterocycles. The third kappa shape index (κ3) is 11.0. The molecule has 2 saturated heterocycles. The van der Waals surface area contributed by atoms with Crippen LogP contribution in [-0.4, -0.2) is 85.3 Å². The Bertz CT molecular complexity index is 2130. The summed E-state index contributed by atoms with van der Waals surface area (Å²) in [7, 11) is 1.15. The highest BCUT2D eigenvalue weighted by molar-refractivity contribution is 6.31. The van der Waals surface area contributed by atoms with Crippen LogP contribution < -0.4 is 15.5 Å². The zero-order chi connectivity index (χ0) is 44.1. The zero-order valence-corrected chi connectivity index (χ0v) is 33.0. The van der Waals surface area contributed by atoms with Crippen LogP contribution in [0.1, 0.15) is 44.7 Å². The Balaban J connectivity index is 0.000000228. The molecule has 0 atom stereocenters. The number of nitrogens with zero attached hydrogens (tertiary/aromatic N) is 4. The van der Waals surface area contributed by atoms with Gasteiger partial charge >= 0.3 is 18.0 Å². The number of alkyl halides is 4. The summed E-state index contributed by atoms with van der Waals surface area (Å²) >= 11 is 11.6. The van der Waals surface area contributed by atoms with Crippen LogP contribution >= 0.6 is 23.2 Å². The smallest absolute Gasteiger partial charge is 0.337 e. The second-order valence-corrected chi connectivity index (χ2v) is 14.5.